The molecule has 0 fully saturated rings. The molecule has 0 nitrogen and oxygen atoms in total. The lowest BCUT2D eigenvalue weighted by Crippen LogP contribution is -2.11. The van der Waals surface area contributed by atoms with Crippen LogP contribution in [0.5, 0.6) is 0 Å². The Morgan fingerprint density at radius 3 is 2.53 bits per heavy atom. The van der Waals surface area contributed by atoms with Gasteiger partial charge in [-0.25, -0.2) is 4.39 Å². The number of halogens is 1. The zero-order valence-electron chi connectivity index (χ0n) is 10.0. The van der Waals surface area contributed by atoms with Gasteiger partial charge < -0.3 is 0 Å². The standard InChI is InChI=1S/C14H21F/c1-4-9-14(2,3)10-8-12-6-5-7-13(15)11-12/h5-7,11H,4,8-10H2,1-3H3. The van der Waals surface area contributed by atoms with Crippen LogP contribution in [0.3, 0.4) is 0 Å². The normalized spacial score (nSPS) is 11.7. The van der Waals surface area contributed by atoms with Crippen LogP contribution in [0.1, 0.15) is 45.6 Å². The molecule has 1 heteroatoms. The topological polar surface area (TPSA) is 0 Å². The van der Waals surface area contributed by atoms with E-state index >= 15 is 0 Å². The predicted molar refractivity (Wildman–Crippen MR) is 63.4 cm³/mol. The Kier molecular flexibility index (Phi) is 4.31. The summed E-state index contributed by atoms with van der Waals surface area (Å²) >= 11 is 0. The van der Waals surface area contributed by atoms with Crippen LogP contribution in [0.25, 0.3) is 0 Å². The Labute approximate surface area is 92.5 Å². The highest BCUT2D eigenvalue weighted by atomic mass is 19.1. The van der Waals surface area contributed by atoms with Crippen LogP contribution in [-0.4, -0.2) is 0 Å². The van der Waals surface area contributed by atoms with Gasteiger partial charge in [-0.3, -0.25) is 0 Å². The van der Waals surface area contributed by atoms with E-state index in [1.807, 2.05) is 6.07 Å². The summed E-state index contributed by atoms with van der Waals surface area (Å²) in [6.07, 6.45) is 4.56. The number of benzene rings is 1. The molecule has 15 heavy (non-hydrogen) atoms. The molecule has 84 valence electrons. The maximum absolute atomic E-state index is 12.9. The first-order chi connectivity index (χ1) is 7.03. The Hall–Kier alpha value is -0.850. The third kappa shape index (κ3) is 4.46. The zero-order valence-corrected chi connectivity index (χ0v) is 10.0. The van der Waals surface area contributed by atoms with Crippen molar-refractivity contribution in [2.24, 2.45) is 5.41 Å². The van der Waals surface area contributed by atoms with Gasteiger partial charge in [0.15, 0.2) is 0 Å². The van der Waals surface area contributed by atoms with Crippen LogP contribution in [0.2, 0.25) is 0 Å². The van der Waals surface area contributed by atoms with Gasteiger partial charge in [-0.2, -0.15) is 0 Å². The molecule has 0 amide bonds. The molecule has 0 spiro atoms. The van der Waals surface area contributed by atoms with Crippen molar-refractivity contribution in [2.45, 2.75) is 46.5 Å². The lowest BCUT2D eigenvalue weighted by Gasteiger charge is -2.23. The summed E-state index contributed by atoms with van der Waals surface area (Å²) in [6, 6.07) is 6.94. The van der Waals surface area contributed by atoms with E-state index in [1.54, 1.807) is 12.1 Å². The second-order valence-electron chi connectivity index (χ2n) is 5.04. The average Bonchev–Trinajstić information content (AvgIpc) is 2.15. The van der Waals surface area contributed by atoms with E-state index in [1.165, 1.54) is 18.9 Å². The van der Waals surface area contributed by atoms with Gasteiger partial charge in [-0.05, 0) is 42.4 Å². The molecule has 0 unspecified atom stereocenters. The van der Waals surface area contributed by atoms with Gasteiger partial charge in [0.25, 0.3) is 0 Å². The average molecular weight is 208 g/mol. The van der Waals surface area contributed by atoms with Crippen LogP contribution >= 0.6 is 0 Å². The van der Waals surface area contributed by atoms with E-state index < -0.39 is 0 Å². The monoisotopic (exact) mass is 208 g/mol. The fraction of sp³-hybridized carbons (Fsp3) is 0.571. The first-order valence-corrected chi connectivity index (χ1v) is 5.78. The van der Waals surface area contributed by atoms with Crippen LogP contribution in [0.15, 0.2) is 24.3 Å². The van der Waals surface area contributed by atoms with E-state index in [-0.39, 0.29) is 5.82 Å². The molecular weight excluding hydrogens is 187 g/mol. The molecule has 0 atom stereocenters. The lowest BCUT2D eigenvalue weighted by atomic mass is 9.82. The van der Waals surface area contributed by atoms with Crippen LogP contribution in [0.4, 0.5) is 4.39 Å². The van der Waals surface area contributed by atoms with Gasteiger partial charge >= 0.3 is 0 Å². The molecule has 0 saturated carbocycles. The molecule has 1 aromatic carbocycles. The Balaban J connectivity index is 2.49. The summed E-state index contributed by atoms with van der Waals surface area (Å²) in [5.74, 6) is -0.124. The van der Waals surface area contributed by atoms with Gasteiger partial charge in [0.1, 0.15) is 5.82 Å². The van der Waals surface area contributed by atoms with Crippen molar-refractivity contribution in [3.05, 3.63) is 35.6 Å². The number of rotatable bonds is 5. The lowest BCUT2D eigenvalue weighted by molar-refractivity contribution is 0.304. The first kappa shape index (κ1) is 12.2. The van der Waals surface area contributed by atoms with Gasteiger partial charge in [-0.15, -0.1) is 0 Å². The van der Waals surface area contributed by atoms with Gasteiger partial charge in [0.05, 0.1) is 0 Å². The highest BCUT2D eigenvalue weighted by Gasteiger charge is 2.16. The third-order valence-corrected chi connectivity index (χ3v) is 2.91. The van der Waals surface area contributed by atoms with Crippen molar-refractivity contribution < 1.29 is 4.39 Å². The molecule has 1 rings (SSSR count). The Bertz CT molecular complexity index is 302. The molecule has 1 aromatic rings. The fourth-order valence-corrected chi connectivity index (χ4v) is 1.98. The molecule has 0 saturated heterocycles. The van der Waals surface area contributed by atoms with E-state index in [2.05, 4.69) is 20.8 Å². The summed E-state index contributed by atoms with van der Waals surface area (Å²) in [5, 5.41) is 0. The Morgan fingerprint density at radius 1 is 1.20 bits per heavy atom. The number of aryl methyl sites for hydroxylation is 1. The van der Waals surface area contributed by atoms with Crippen molar-refractivity contribution in [3.8, 4) is 0 Å². The van der Waals surface area contributed by atoms with Crippen molar-refractivity contribution in [1.29, 1.82) is 0 Å². The summed E-state index contributed by atoms with van der Waals surface area (Å²) in [4.78, 5) is 0. The zero-order chi connectivity index (χ0) is 11.3. The highest BCUT2D eigenvalue weighted by Crippen LogP contribution is 2.28. The summed E-state index contributed by atoms with van der Waals surface area (Å²) in [5.41, 5.74) is 1.49. The Morgan fingerprint density at radius 2 is 1.93 bits per heavy atom. The smallest absolute Gasteiger partial charge is 0.123 e. The molecule has 0 aliphatic carbocycles. The maximum atomic E-state index is 12.9. The minimum atomic E-state index is -0.124. The second kappa shape index (κ2) is 5.29. The van der Waals surface area contributed by atoms with Gasteiger partial charge in [-0.1, -0.05) is 39.3 Å². The maximum Gasteiger partial charge on any atom is 0.123 e. The molecule has 0 heterocycles. The van der Waals surface area contributed by atoms with Crippen LogP contribution < -0.4 is 0 Å². The number of hydrogen-bond acceptors (Lipinski definition) is 0. The fourth-order valence-electron chi connectivity index (χ4n) is 1.98. The minimum Gasteiger partial charge on any atom is -0.207 e. The quantitative estimate of drug-likeness (QED) is 0.664. The largest absolute Gasteiger partial charge is 0.207 e. The highest BCUT2D eigenvalue weighted by molar-refractivity contribution is 5.16. The van der Waals surface area contributed by atoms with E-state index in [9.17, 15) is 4.39 Å². The van der Waals surface area contributed by atoms with Crippen molar-refractivity contribution in [1.82, 2.24) is 0 Å². The van der Waals surface area contributed by atoms with Crippen molar-refractivity contribution in [3.63, 3.8) is 0 Å². The SMILES string of the molecule is CCCC(C)(C)CCc1cccc(F)c1. The third-order valence-electron chi connectivity index (χ3n) is 2.91. The molecule has 0 N–H and O–H groups in total. The van der Waals surface area contributed by atoms with Crippen LogP contribution in [0, 0.1) is 11.2 Å². The molecule has 0 aromatic heterocycles. The van der Waals surface area contributed by atoms with Gasteiger partial charge in [0, 0.05) is 0 Å². The second-order valence-corrected chi connectivity index (χ2v) is 5.04. The van der Waals surface area contributed by atoms with E-state index in [4.69, 9.17) is 0 Å². The predicted octanol–water partition coefficient (Wildman–Crippen LogP) is 4.58. The van der Waals surface area contributed by atoms with E-state index in [0.29, 0.717) is 5.41 Å². The molecular formula is C14H21F. The molecule has 0 bridgehead atoms. The summed E-state index contributed by atoms with van der Waals surface area (Å²) < 4.78 is 12.9. The van der Waals surface area contributed by atoms with Crippen LogP contribution in [-0.2, 0) is 6.42 Å². The first-order valence-electron chi connectivity index (χ1n) is 5.78. The van der Waals surface area contributed by atoms with Gasteiger partial charge in [0.2, 0.25) is 0 Å². The molecule has 0 radical (unpaired) electrons. The molecule has 0 aliphatic rings. The summed E-state index contributed by atoms with van der Waals surface area (Å²) in [7, 11) is 0. The summed E-state index contributed by atoms with van der Waals surface area (Å²) in [6.45, 7) is 6.79. The molecule has 0 aliphatic heterocycles. The van der Waals surface area contributed by atoms with E-state index in [0.717, 1.165) is 18.4 Å². The minimum absolute atomic E-state index is 0.124. The van der Waals surface area contributed by atoms with Crippen molar-refractivity contribution in [2.75, 3.05) is 0 Å². The number of hydrogen-bond donors (Lipinski definition) is 0. The van der Waals surface area contributed by atoms with Crippen molar-refractivity contribution >= 4 is 0 Å².